The van der Waals surface area contributed by atoms with E-state index in [2.05, 4.69) is 0 Å². The molecule has 0 radical (unpaired) electrons. The van der Waals surface area contributed by atoms with Gasteiger partial charge in [0.2, 0.25) is 0 Å². The summed E-state index contributed by atoms with van der Waals surface area (Å²) >= 11 is 0. The van der Waals surface area contributed by atoms with Crippen molar-refractivity contribution in [2.75, 3.05) is 18.0 Å². The second-order valence-electron chi connectivity index (χ2n) is 5.20. The van der Waals surface area contributed by atoms with Crippen LogP contribution in [0.4, 0.5) is 10.1 Å². The van der Waals surface area contributed by atoms with Crippen LogP contribution in [-0.2, 0) is 0 Å². The molecule has 1 saturated heterocycles. The summed E-state index contributed by atoms with van der Waals surface area (Å²) in [5.74, 6) is -0.533. The lowest BCUT2D eigenvalue weighted by molar-refractivity contribution is 0.0351. The Morgan fingerprint density at radius 3 is 2.56 bits per heavy atom. The molecule has 0 spiro atoms. The smallest absolute Gasteiger partial charge is 0.161 e. The van der Waals surface area contributed by atoms with E-state index in [1.807, 2.05) is 11.8 Å². The summed E-state index contributed by atoms with van der Waals surface area (Å²) in [6, 6.07) is 4.30. The standard InChI is InChI=1S/C14H18FNO2/c1-10(17)12-9-11(15)3-4-13(12)16-7-5-14(2,18)6-8-16/h3-4,9,18H,5-8H2,1-2H3. The van der Waals surface area contributed by atoms with Crippen LogP contribution in [0, 0.1) is 5.82 Å². The van der Waals surface area contributed by atoms with Crippen molar-refractivity contribution >= 4 is 11.5 Å². The fraction of sp³-hybridized carbons (Fsp3) is 0.500. The Morgan fingerprint density at radius 1 is 1.39 bits per heavy atom. The Labute approximate surface area is 106 Å². The summed E-state index contributed by atoms with van der Waals surface area (Å²) in [6.45, 7) is 4.62. The maximum absolute atomic E-state index is 13.2. The van der Waals surface area contributed by atoms with E-state index in [0.717, 1.165) is 5.69 Å². The van der Waals surface area contributed by atoms with E-state index in [-0.39, 0.29) is 5.78 Å². The van der Waals surface area contributed by atoms with Crippen LogP contribution in [0.3, 0.4) is 0 Å². The van der Waals surface area contributed by atoms with E-state index < -0.39 is 11.4 Å². The molecule has 1 heterocycles. The number of rotatable bonds is 2. The first kappa shape index (κ1) is 13.0. The van der Waals surface area contributed by atoms with E-state index in [1.165, 1.54) is 19.1 Å². The number of halogens is 1. The van der Waals surface area contributed by atoms with Gasteiger partial charge in [-0.15, -0.1) is 0 Å². The molecule has 0 unspecified atom stereocenters. The Bertz CT molecular complexity index is 461. The number of nitrogens with zero attached hydrogens (tertiary/aromatic N) is 1. The van der Waals surface area contributed by atoms with Crippen molar-refractivity contribution in [3.8, 4) is 0 Å². The Morgan fingerprint density at radius 2 is 2.00 bits per heavy atom. The van der Waals surface area contributed by atoms with Crippen molar-refractivity contribution in [3.05, 3.63) is 29.6 Å². The minimum Gasteiger partial charge on any atom is -0.390 e. The van der Waals surface area contributed by atoms with Crippen molar-refractivity contribution in [2.45, 2.75) is 32.3 Å². The van der Waals surface area contributed by atoms with Gasteiger partial charge in [-0.3, -0.25) is 4.79 Å². The highest BCUT2D eigenvalue weighted by molar-refractivity contribution is 5.99. The summed E-state index contributed by atoms with van der Waals surface area (Å²) in [7, 11) is 0. The highest BCUT2D eigenvalue weighted by Crippen LogP contribution is 2.29. The predicted octanol–water partition coefficient (Wildman–Crippen LogP) is 2.38. The fourth-order valence-electron chi connectivity index (χ4n) is 2.30. The van der Waals surface area contributed by atoms with Crippen LogP contribution in [0.1, 0.15) is 37.0 Å². The number of hydrogen-bond donors (Lipinski definition) is 1. The Hall–Kier alpha value is -1.42. The van der Waals surface area contributed by atoms with Crippen molar-refractivity contribution in [2.24, 2.45) is 0 Å². The van der Waals surface area contributed by atoms with Crippen molar-refractivity contribution in [1.82, 2.24) is 0 Å². The molecular formula is C14H18FNO2. The maximum Gasteiger partial charge on any atom is 0.161 e. The molecule has 18 heavy (non-hydrogen) atoms. The molecule has 0 aromatic heterocycles. The van der Waals surface area contributed by atoms with Crippen molar-refractivity contribution in [3.63, 3.8) is 0 Å². The lowest BCUT2D eigenvalue weighted by Crippen LogP contribution is -2.42. The van der Waals surface area contributed by atoms with Crippen LogP contribution in [-0.4, -0.2) is 29.6 Å². The predicted molar refractivity (Wildman–Crippen MR) is 68.5 cm³/mol. The molecular weight excluding hydrogens is 233 g/mol. The van der Waals surface area contributed by atoms with E-state index >= 15 is 0 Å². The molecule has 0 saturated carbocycles. The Balaban J connectivity index is 2.26. The summed E-state index contributed by atoms with van der Waals surface area (Å²) < 4.78 is 13.2. The number of Topliss-reactive ketones (excluding diaryl/α,β-unsaturated/α-hetero) is 1. The van der Waals surface area contributed by atoms with Gasteiger partial charge in [-0.05, 0) is 44.9 Å². The largest absolute Gasteiger partial charge is 0.390 e. The molecule has 0 aliphatic carbocycles. The quantitative estimate of drug-likeness (QED) is 0.820. The van der Waals surface area contributed by atoms with Gasteiger partial charge in [0.25, 0.3) is 0 Å². The summed E-state index contributed by atoms with van der Waals surface area (Å²) in [4.78, 5) is 13.6. The van der Waals surface area contributed by atoms with Crippen molar-refractivity contribution < 1.29 is 14.3 Å². The average Bonchev–Trinajstić information content (AvgIpc) is 2.29. The van der Waals surface area contributed by atoms with Crippen LogP contribution in [0.2, 0.25) is 0 Å². The third kappa shape index (κ3) is 2.70. The van der Waals surface area contributed by atoms with Gasteiger partial charge in [0.05, 0.1) is 5.60 Å². The first-order valence-electron chi connectivity index (χ1n) is 6.17. The lowest BCUT2D eigenvalue weighted by atomic mass is 9.93. The van der Waals surface area contributed by atoms with Crippen LogP contribution in [0.5, 0.6) is 0 Å². The van der Waals surface area contributed by atoms with Gasteiger partial charge in [0, 0.05) is 24.3 Å². The topological polar surface area (TPSA) is 40.5 Å². The van der Waals surface area contributed by atoms with E-state index in [1.54, 1.807) is 6.07 Å². The van der Waals surface area contributed by atoms with E-state index in [4.69, 9.17) is 0 Å². The number of piperidine rings is 1. The minimum absolute atomic E-state index is 0.137. The van der Waals surface area contributed by atoms with Gasteiger partial charge in [0.15, 0.2) is 5.78 Å². The molecule has 2 rings (SSSR count). The number of aliphatic hydroxyl groups is 1. The third-order valence-corrected chi connectivity index (χ3v) is 3.52. The third-order valence-electron chi connectivity index (χ3n) is 3.52. The van der Waals surface area contributed by atoms with E-state index in [0.29, 0.717) is 31.5 Å². The van der Waals surface area contributed by atoms with Gasteiger partial charge in [0.1, 0.15) is 5.82 Å². The highest BCUT2D eigenvalue weighted by atomic mass is 19.1. The second kappa shape index (κ2) is 4.69. The number of benzene rings is 1. The van der Waals surface area contributed by atoms with Gasteiger partial charge in [-0.2, -0.15) is 0 Å². The van der Waals surface area contributed by atoms with Gasteiger partial charge in [-0.25, -0.2) is 4.39 Å². The fourth-order valence-corrected chi connectivity index (χ4v) is 2.30. The molecule has 98 valence electrons. The highest BCUT2D eigenvalue weighted by Gasteiger charge is 2.28. The summed E-state index contributed by atoms with van der Waals surface area (Å²) in [6.07, 6.45) is 1.31. The molecule has 1 aromatic carbocycles. The number of hydrogen-bond acceptors (Lipinski definition) is 3. The van der Waals surface area contributed by atoms with Gasteiger partial charge >= 0.3 is 0 Å². The summed E-state index contributed by atoms with van der Waals surface area (Å²) in [5, 5.41) is 9.91. The number of carbonyl (C=O) groups is 1. The second-order valence-corrected chi connectivity index (χ2v) is 5.20. The molecule has 4 heteroatoms. The number of ketones is 1. The molecule has 3 nitrogen and oxygen atoms in total. The molecule has 1 fully saturated rings. The number of anilines is 1. The van der Waals surface area contributed by atoms with Crippen molar-refractivity contribution in [1.29, 1.82) is 0 Å². The average molecular weight is 251 g/mol. The SMILES string of the molecule is CC(=O)c1cc(F)ccc1N1CCC(C)(O)CC1. The molecule has 0 bridgehead atoms. The zero-order chi connectivity index (χ0) is 13.3. The monoisotopic (exact) mass is 251 g/mol. The van der Waals surface area contributed by atoms with Crippen LogP contribution in [0.25, 0.3) is 0 Å². The molecule has 0 amide bonds. The normalized spacial score (nSPS) is 18.8. The molecule has 1 N–H and O–H groups in total. The lowest BCUT2D eigenvalue weighted by Gasteiger charge is -2.37. The van der Waals surface area contributed by atoms with Crippen LogP contribution >= 0.6 is 0 Å². The van der Waals surface area contributed by atoms with E-state index in [9.17, 15) is 14.3 Å². The maximum atomic E-state index is 13.2. The van der Waals surface area contributed by atoms with Crippen LogP contribution < -0.4 is 4.90 Å². The first-order valence-corrected chi connectivity index (χ1v) is 6.17. The number of carbonyl (C=O) groups excluding carboxylic acids is 1. The zero-order valence-electron chi connectivity index (χ0n) is 10.7. The summed E-state index contributed by atoms with van der Waals surface area (Å²) in [5.41, 5.74) is 0.545. The zero-order valence-corrected chi connectivity index (χ0v) is 10.7. The minimum atomic E-state index is -0.632. The molecule has 0 atom stereocenters. The van der Waals surface area contributed by atoms with Gasteiger partial charge < -0.3 is 10.0 Å². The van der Waals surface area contributed by atoms with Gasteiger partial charge in [-0.1, -0.05) is 0 Å². The Kier molecular flexibility index (Phi) is 3.39. The van der Waals surface area contributed by atoms with Crippen LogP contribution in [0.15, 0.2) is 18.2 Å². The molecule has 1 aliphatic heterocycles. The molecule has 1 aromatic rings. The first-order chi connectivity index (χ1) is 8.39. The molecule has 1 aliphatic rings.